The summed E-state index contributed by atoms with van der Waals surface area (Å²) in [6.45, 7) is 3.93. The SMILES string of the molecule is CCCNCc1c(Cl)cccc1Sc1nnc(SC)s1. The third kappa shape index (κ3) is 4.36. The predicted molar refractivity (Wildman–Crippen MR) is 89.3 cm³/mol. The number of rotatable bonds is 7. The second kappa shape index (κ2) is 8.24. The number of thioether (sulfide) groups is 1. The van der Waals surface area contributed by atoms with Gasteiger partial charge in [0.2, 0.25) is 0 Å². The van der Waals surface area contributed by atoms with Gasteiger partial charge in [0, 0.05) is 16.5 Å². The molecule has 0 spiro atoms. The Hall–Kier alpha value is -0.270. The molecule has 20 heavy (non-hydrogen) atoms. The van der Waals surface area contributed by atoms with Crippen molar-refractivity contribution in [3.63, 3.8) is 0 Å². The third-order valence-electron chi connectivity index (χ3n) is 2.56. The molecule has 7 heteroatoms. The summed E-state index contributed by atoms with van der Waals surface area (Å²) in [5, 5.41) is 12.5. The van der Waals surface area contributed by atoms with Gasteiger partial charge in [-0.05, 0) is 36.9 Å². The molecule has 2 aromatic rings. The van der Waals surface area contributed by atoms with Crippen LogP contribution in [-0.2, 0) is 6.54 Å². The summed E-state index contributed by atoms with van der Waals surface area (Å²) < 4.78 is 1.94. The highest BCUT2D eigenvalue weighted by molar-refractivity contribution is 8.03. The molecule has 0 aliphatic heterocycles. The Morgan fingerprint density at radius 2 is 2.10 bits per heavy atom. The summed E-state index contributed by atoms with van der Waals surface area (Å²) in [4.78, 5) is 1.14. The summed E-state index contributed by atoms with van der Waals surface area (Å²) in [6, 6.07) is 5.99. The normalized spacial score (nSPS) is 10.9. The van der Waals surface area contributed by atoms with Crippen LogP contribution < -0.4 is 5.32 Å². The molecule has 0 saturated carbocycles. The zero-order chi connectivity index (χ0) is 14.4. The average molecular weight is 346 g/mol. The van der Waals surface area contributed by atoms with E-state index in [4.69, 9.17) is 11.6 Å². The second-order valence-corrected chi connectivity index (χ2v) is 7.76. The number of benzene rings is 1. The zero-order valence-corrected chi connectivity index (χ0v) is 14.6. The first kappa shape index (κ1) is 16.1. The van der Waals surface area contributed by atoms with Crippen molar-refractivity contribution in [2.45, 2.75) is 33.5 Å². The summed E-state index contributed by atoms with van der Waals surface area (Å²) in [6.07, 6.45) is 3.12. The molecule has 0 atom stereocenters. The molecule has 0 unspecified atom stereocenters. The average Bonchev–Trinajstić information content (AvgIpc) is 2.90. The highest BCUT2D eigenvalue weighted by atomic mass is 35.5. The van der Waals surface area contributed by atoms with E-state index in [2.05, 4.69) is 28.5 Å². The minimum absolute atomic E-state index is 0.782. The van der Waals surface area contributed by atoms with Crippen LogP contribution in [0.15, 0.2) is 31.8 Å². The van der Waals surface area contributed by atoms with Crippen LogP contribution in [0.2, 0.25) is 5.02 Å². The topological polar surface area (TPSA) is 37.8 Å². The number of nitrogens with zero attached hydrogens (tertiary/aromatic N) is 2. The van der Waals surface area contributed by atoms with Gasteiger partial charge in [-0.1, -0.05) is 59.5 Å². The monoisotopic (exact) mass is 345 g/mol. The smallest absolute Gasteiger partial charge is 0.179 e. The maximum atomic E-state index is 6.32. The van der Waals surface area contributed by atoms with Crippen molar-refractivity contribution in [2.24, 2.45) is 0 Å². The number of aromatic nitrogens is 2. The molecular formula is C13H16ClN3S3. The summed E-state index contributed by atoms with van der Waals surface area (Å²) >= 11 is 11.2. The van der Waals surface area contributed by atoms with Gasteiger partial charge in [-0.25, -0.2) is 0 Å². The molecule has 2 rings (SSSR count). The maximum absolute atomic E-state index is 6.32. The Bertz CT molecular complexity index is 560. The van der Waals surface area contributed by atoms with Gasteiger partial charge in [-0.3, -0.25) is 0 Å². The quantitative estimate of drug-likeness (QED) is 0.588. The number of hydrogen-bond donors (Lipinski definition) is 1. The van der Waals surface area contributed by atoms with Gasteiger partial charge in [-0.15, -0.1) is 10.2 Å². The molecule has 0 amide bonds. The predicted octanol–water partition coefficient (Wildman–Crippen LogP) is 4.56. The fourth-order valence-corrected chi connectivity index (χ4v) is 4.47. The van der Waals surface area contributed by atoms with E-state index in [1.807, 2.05) is 18.4 Å². The van der Waals surface area contributed by atoms with E-state index < -0.39 is 0 Å². The lowest BCUT2D eigenvalue weighted by Crippen LogP contribution is -2.14. The second-order valence-electron chi connectivity index (χ2n) is 4.03. The Morgan fingerprint density at radius 1 is 1.30 bits per heavy atom. The van der Waals surface area contributed by atoms with Crippen molar-refractivity contribution in [3.05, 3.63) is 28.8 Å². The van der Waals surface area contributed by atoms with E-state index in [-0.39, 0.29) is 0 Å². The van der Waals surface area contributed by atoms with Crippen molar-refractivity contribution < 1.29 is 0 Å². The standard InChI is InChI=1S/C13H16ClN3S3/c1-3-7-15-8-9-10(14)5-4-6-11(9)19-13-17-16-12(18-2)20-13/h4-6,15H,3,7-8H2,1-2H3. The molecule has 0 aliphatic carbocycles. The van der Waals surface area contributed by atoms with Crippen molar-refractivity contribution >= 4 is 46.5 Å². The minimum Gasteiger partial charge on any atom is -0.313 e. The van der Waals surface area contributed by atoms with Crippen molar-refractivity contribution in [1.82, 2.24) is 15.5 Å². The Kier molecular flexibility index (Phi) is 6.64. The first-order chi connectivity index (χ1) is 9.74. The first-order valence-corrected chi connectivity index (χ1v) is 9.51. The summed E-state index contributed by atoms with van der Waals surface area (Å²) in [7, 11) is 0. The Balaban J connectivity index is 2.15. The summed E-state index contributed by atoms with van der Waals surface area (Å²) in [5.74, 6) is 0. The van der Waals surface area contributed by atoms with E-state index in [0.29, 0.717) is 0 Å². The van der Waals surface area contributed by atoms with E-state index in [0.717, 1.165) is 43.7 Å². The van der Waals surface area contributed by atoms with Gasteiger partial charge >= 0.3 is 0 Å². The van der Waals surface area contributed by atoms with Crippen LogP contribution in [0.3, 0.4) is 0 Å². The van der Waals surface area contributed by atoms with Crippen molar-refractivity contribution in [1.29, 1.82) is 0 Å². The molecular weight excluding hydrogens is 330 g/mol. The van der Waals surface area contributed by atoms with Gasteiger partial charge in [0.05, 0.1) is 0 Å². The molecule has 108 valence electrons. The first-order valence-electron chi connectivity index (χ1n) is 6.28. The van der Waals surface area contributed by atoms with Crippen LogP contribution in [0.4, 0.5) is 0 Å². The van der Waals surface area contributed by atoms with Crippen LogP contribution in [0.25, 0.3) is 0 Å². The molecule has 0 fully saturated rings. The number of hydrogen-bond acceptors (Lipinski definition) is 6. The fourth-order valence-electron chi connectivity index (χ4n) is 1.61. The molecule has 1 N–H and O–H groups in total. The zero-order valence-electron chi connectivity index (χ0n) is 11.4. The van der Waals surface area contributed by atoms with Gasteiger partial charge in [0.25, 0.3) is 0 Å². The van der Waals surface area contributed by atoms with Crippen molar-refractivity contribution in [3.8, 4) is 0 Å². The largest absolute Gasteiger partial charge is 0.313 e. The molecule has 1 aromatic carbocycles. The van der Waals surface area contributed by atoms with E-state index in [9.17, 15) is 0 Å². The van der Waals surface area contributed by atoms with Crippen LogP contribution in [-0.4, -0.2) is 23.0 Å². The van der Waals surface area contributed by atoms with Crippen LogP contribution in [0.1, 0.15) is 18.9 Å². The lowest BCUT2D eigenvalue weighted by atomic mass is 10.2. The molecule has 0 bridgehead atoms. The lowest BCUT2D eigenvalue weighted by Gasteiger charge is -2.10. The van der Waals surface area contributed by atoms with Crippen molar-refractivity contribution in [2.75, 3.05) is 12.8 Å². The third-order valence-corrected chi connectivity index (χ3v) is 5.97. The van der Waals surface area contributed by atoms with Gasteiger partial charge in [0.1, 0.15) is 0 Å². The summed E-state index contributed by atoms with van der Waals surface area (Å²) in [5.41, 5.74) is 1.13. The van der Waals surface area contributed by atoms with Gasteiger partial charge in [-0.2, -0.15) is 0 Å². The van der Waals surface area contributed by atoms with Crippen LogP contribution >= 0.6 is 46.5 Å². The lowest BCUT2D eigenvalue weighted by molar-refractivity contribution is 0.669. The van der Waals surface area contributed by atoms with Gasteiger partial charge in [0.15, 0.2) is 8.68 Å². The van der Waals surface area contributed by atoms with Crippen LogP contribution in [0.5, 0.6) is 0 Å². The Morgan fingerprint density at radius 3 is 2.80 bits per heavy atom. The molecule has 3 nitrogen and oxygen atoms in total. The number of nitrogens with one attached hydrogen (secondary N) is 1. The van der Waals surface area contributed by atoms with Crippen LogP contribution in [0, 0.1) is 0 Å². The number of halogens is 1. The Labute approximate surface area is 136 Å². The highest BCUT2D eigenvalue weighted by Gasteiger charge is 2.11. The van der Waals surface area contributed by atoms with Gasteiger partial charge < -0.3 is 5.32 Å². The highest BCUT2D eigenvalue weighted by Crippen LogP contribution is 2.36. The maximum Gasteiger partial charge on any atom is 0.179 e. The van der Waals surface area contributed by atoms with E-state index >= 15 is 0 Å². The molecule has 1 heterocycles. The van der Waals surface area contributed by atoms with E-state index in [1.165, 1.54) is 0 Å². The molecule has 0 aliphatic rings. The van der Waals surface area contributed by atoms with E-state index in [1.54, 1.807) is 34.9 Å². The minimum atomic E-state index is 0.782. The molecule has 1 aromatic heterocycles. The molecule has 0 radical (unpaired) electrons. The fraction of sp³-hybridized carbons (Fsp3) is 0.385. The molecule has 0 saturated heterocycles.